The molecule has 1 aliphatic rings. The molecule has 17 heavy (non-hydrogen) atoms. The highest BCUT2D eigenvalue weighted by atomic mass is 19.1. The lowest BCUT2D eigenvalue weighted by atomic mass is 10.1. The molecule has 0 aliphatic heterocycles. The molecular formula is C13H19FN2O. The number of nitrogens with two attached hydrogens (primary N) is 1. The van der Waals surface area contributed by atoms with Crippen LogP contribution in [0.2, 0.25) is 0 Å². The van der Waals surface area contributed by atoms with Crippen molar-refractivity contribution in [1.29, 1.82) is 0 Å². The Labute approximate surface area is 101 Å². The second kappa shape index (κ2) is 4.43. The van der Waals surface area contributed by atoms with E-state index in [0.29, 0.717) is 17.7 Å². The van der Waals surface area contributed by atoms with Crippen molar-refractivity contribution in [3.63, 3.8) is 0 Å². The summed E-state index contributed by atoms with van der Waals surface area (Å²) in [5.74, 6) is -0.155. The van der Waals surface area contributed by atoms with E-state index in [4.69, 9.17) is 10.5 Å². The van der Waals surface area contributed by atoms with Gasteiger partial charge in [-0.3, -0.25) is 0 Å². The summed E-state index contributed by atoms with van der Waals surface area (Å²) >= 11 is 0. The van der Waals surface area contributed by atoms with Crippen LogP contribution in [-0.4, -0.2) is 13.2 Å². The smallest absolute Gasteiger partial charge is 0.167 e. The summed E-state index contributed by atoms with van der Waals surface area (Å²) in [7, 11) is 0. The first-order valence-electron chi connectivity index (χ1n) is 6.00. The van der Waals surface area contributed by atoms with E-state index in [0.717, 1.165) is 12.2 Å². The number of halogens is 1. The van der Waals surface area contributed by atoms with Gasteiger partial charge in [-0.25, -0.2) is 4.39 Å². The average Bonchev–Trinajstić information content (AvgIpc) is 3.00. The summed E-state index contributed by atoms with van der Waals surface area (Å²) in [4.78, 5) is 0. The number of nitrogen functional groups attached to an aromatic ring is 1. The molecule has 0 heterocycles. The van der Waals surface area contributed by atoms with Gasteiger partial charge in [0.15, 0.2) is 11.6 Å². The Balaban J connectivity index is 2.11. The fourth-order valence-corrected chi connectivity index (χ4v) is 1.69. The number of hydrogen-bond donors (Lipinski definition) is 2. The zero-order valence-corrected chi connectivity index (χ0v) is 10.3. The van der Waals surface area contributed by atoms with Gasteiger partial charge in [0.05, 0.1) is 18.0 Å². The summed E-state index contributed by atoms with van der Waals surface area (Å²) in [6, 6.07) is 2.95. The van der Waals surface area contributed by atoms with Crippen molar-refractivity contribution in [2.75, 3.05) is 24.2 Å². The quantitative estimate of drug-likeness (QED) is 0.775. The molecule has 1 aliphatic carbocycles. The van der Waals surface area contributed by atoms with Crippen LogP contribution in [0, 0.1) is 11.2 Å². The third-order valence-corrected chi connectivity index (χ3v) is 3.21. The first-order chi connectivity index (χ1) is 8.04. The Morgan fingerprint density at radius 2 is 2.18 bits per heavy atom. The maximum Gasteiger partial charge on any atom is 0.167 e. The van der Waals surface area contributed by atoms with E-state index in [1.165, 1.54) is 18.9 Å². The minimum atomic E-state index is -0.410. The van der Waals surface area contributed by atoms with Crippen LogP contribution in [0.5, 0.6) is 5.75 Å². The van der Waals surface area contributed by atoms with E-state index in [1.807, 2.05) is 6.92 Å². The Kier molecular flexibility index (Phi) is 3.13. The van der Waals surface area contributed by atoms with Gasteiger partial charge < -0.3 is 15.8 Å². The molecule has 0 radical (unpaired) electrons. The van der Waals surface area contributed by atoms with Crippen molar-refractivity contribution in [2.45, 2.75) is 26.7 Å². The first-order valence-corrected chi connectivity index (χ1v) is 6.00. The van der Waals surface area contributed by atoms with E-state index >= 15 is 0 Å². The van der Waals surface area contributed by atoms with Crippen LogP contribution in [0.25, 0.3) is 0 Å². The Morgan fingerprint density at radius 1 is 1.47 bits per heavy atom. The van der Waals surface area contributed by atoms with E-state index in [1.54, 1.807) is 6.07 Å². The fourth-order valence-electron chi connectivity index (χ4n) is 1.69. The zero-order valence-electron chi connectivity index (χ0n) is 10.3. The highest BCUT2D eigenvalue weighted by Gasteiger charge is 2.36. The lowest BCUT2D eigenvalue weighted by molar-refractivity contribution is 0.322. The first kappa shape index (κ1) is 12.0. The maximum atomic E-state index is 13.5. The molecule has 1 aromatic rings. The number of anilines is 2. The summed E-state index contributed by atoms with van der Waals surface area (Å²) in [6.45, 7) is 5.36. The number of ether oxygens (including phenoxy) is 1. The number of benzene rings is 1. The van der Waals surface area contributed by atoms with Crippen LogP contribution < -0.4 is 15.8 Å². The van der Waals surface area contributed by atoms with Crippen LogP contribution in [0.4, 0.5) is 15.8 Å². The Morgan fingerprint density at radius 3 is 2.76 bits per heavy atom. The number of rotatable bonds is 5. The molecule has 0 spiro atoms. The number of hydrogen-bond acceptors (Lipinski definition) is 3. The molecule has 0 amide bonds. The van der Waals surface area contributed by atoms with Crippen molar-refractivity contribution in [1.82, 2.24) is 0 Å². The van der Waals surface area contributed by atoms with Gasteiger partial charge in [0.25, 0.3) is 0 Å². The predicted octanol–water partition coefficient (Wildman–Crippen LogP) is 3.02. The van der Waals surface area contributed by atoms with Gasteiger partial charge in [0, 0.05) is 18.7 Å². The lowest BCUT2D eigenvalue weighted by Crippen LogP contribution is -2.13. The molecule has 2 rings (SSSR count). The highest BCUT2D eigenvalue weighted by molar-refractivity contribution is 5.68. The SMILES string of the molecule is CCOc1cc(NCC2(C)CC2)c(N)cc1F. The minimum Gasteiger partial charge on any atom is -0.491 e. The summed E-state index contributed by atoms with van der Waals surface area (Å²) in [5.41, 5.74) is 7.34. The van der Waals surface area contributed by atoms with Crippen LogP contribution >= 0.6 is 0 Å². The second-order valence-electron chi connectivity index (χ2n) is 4.97. The van der Waals surface area contributed by atoms with Crippen molar-refractivity contribution < 1.29 is 9.13 Å². The summed E-state index contributed by atoms with van der Waals surface area (Å²) in [5, 5.41) is 3.27. The standard InChI is InChI=1S/C13H19FN2O/c1-3-17-12-7-11(10(15)6-9(12)14)16-8-13(2)4-5-13/h6-7,16H,3-5,8,15H2,1-2H3. The monoisotopic (exact) mass is 238 g/mol. The minimum absolute atomic E-state index is 0.255. The van der Waals surface area contributed by atoms with Crippen molar-refractivity contribution >= 4 is 11.4 Å². The maximum absolute atomic E-state index is 13.5. The van der Waals surface area contributed by atoms with Gasteiger partial charge >= 0.3 is 0 Å². The Bertz CT molecular complexity index is 416. The average molecular weight is 238 g/mol. The molecule has 94 valence electrons. The van der Waals surface area contributed by atoms with Gasteiger partial charge in [0.2, 0.25) is 0 Å². The van der Waals surface area contributed by atoms with Gasteiger partial charge in [-0.1, -0.05) is 6.92 Å². The van der Waals surface area contributed by atoms with Crippen LogP contribution in [-0.2, 0) is 0 Å². The van der Waals surface area contributed by atoms with Gasteiger partial charge in [-0.15, -0.1) is 0 Å². The van der Waals surface area contributed by atoms with Crippen molar-refractivity contribution in [2.24, 2.45) is 5.41 Å². The van der Waals surface area contributed by atoms with E-state index < -0.39 is 5.82 Å². The lowest BCUT2D eigenvalue weighted by Gasteiger charge is -2.15. The predicted molar refractivity (Wildman–Crippen MR) is 67.8 cm³/mol. The molecule has 1 aromatic carbocycles. The molecule has 0 unspecified atom stereocenters. The second-order valence-corrected chi connectivity index (χ2v) is 4.97. The molecular weight excluding hydrogens is 219 g/mol. The van der Waals surface area contributed by atoms with Crippen LogP contribution in [0.1, 0.15) is 26.7 Å². The van der Waals surface area contributed by atoms with Gasteiger partial charge in [-0.2, -0.15) is 0 Å². The Hall–Kier alpha value is -1.45. The molecule has 3 N–H and O–H groups in total. The van der Waals surface area contributed by atoms with Gasteiger partial charge in [0.1, 0.15) is 0 Å². The third-order valence-electron chi connectivity index (χ3n) is 3.21. The zero-order chi connectivity index (χ0) is 12.5. The molecule has 0 aromatic heterocycles. The van der Waals surface area contributed by atoms with Gasteiger partial charge in [-0.05, 0) is 25.2 Å². The summed E-state index contributed by atoms with van der Waals surface area (Å²) < 4.78 is 18.7. The molecule has 1 fully saturated rings. The van der Waals surface area contributed by atoms with E-state index in [9.17, 15) is 4.39 Å². The molecule has 3 nitrogen and oxygen atoms in total. The van der Waals surface area contributed by atoms with E-state index in [2.05, 4.69) is 12.2 Å². The molecule has 4 heteroatoms. The molecule has 0 atom stereocenters. The van der Waals surface area contributed by atoms with Crippen LogP contribution in [0.3, 0.4) is 0 Å². The van der Waals surface area contributed by atoms with E-state index in [-0.39, 0.29) is 5.75 Å². The molecule has 0 bridgehead atoms. The topological polar surface area (TPSA) is 47.3 Å². The van der Waals surface area contributed by atoms with Crippen molar-refractivity contribution in [3.8, 4) is 5.75 Å². The number of nitrogens with one attached hydrogen (secondary N) is 1. The normalized spacial score (nSPS) is 16.6. The van der Waals surface area contributed by atoms with Crippen molar-refractivity contribution in [3.05, 3.63) is 17.9 Å². The molecule has 0 saturated heterocycles. The largest absolute Gasteiger partial charge is 0.491 e. The van der Waals surface area contributed by atoms with Crippen LogP contribution in [0.15, 0.2) is 12.1 Å². The third kappa shape index (κ3) is 2.81. The summed E-state index contributed by atoms with van der Waals surface area (Å²) in [6.07, 6.45) is 2.47. The highest BCUT2D eigenvalue weighted by Crippen LogP contribution is 2.45. The fraction of sp³-hybridized carbons (Fsp3) is 0.538. The molecule has 1 saturated carbocycles.